The van der Waals surface area contributed by atoms with Crippen molar-refractivity contribution in [2.24, 2.45) is 0 Å². The summed E-state index contributed by atoms with van der Waals surface area (Å²) in [5.41, 5.74) is 1.62. The average molecular weight is 227 g/mol. The van der Waals surface area contributed by atoms with E-state index in [0.29, 0.717) is 0 Å². The van der Waals surface area contributed by atoms with Crippen molar-refractivity contribution in [2.75, 3.05) is 0 Å². The lowest BCUT2D eigenvalue weighted by atomic mass is 10.3. The van der Waals surface area contributed by atoms with Gasteiger partial charge in [-0.3, -0.25) is 0 Å². The predicted molar refractivity (Wildman–Crippen MR) is 48.8 cm³/mol. The molecule has 2 rings (SSSR count). The van der Waals surface area contributed by atoms with E-state index in [1.165, 1.54) is 0 Å². The Hall–Kier alpha value is -0.870. The third-order valence-corrected chi connectivity index (χ3v) is 2.51. The third-order valence-electron chi connectivity index (χ3n) is 1.77. The van der Waals surface area contributed by atoms with Crippen molar-refractivity contribution < 1.29 is 5.11 Å². The Kier molecular flexibility index (Phi) is 1.86. The smallest absolute Gasteiger partial charge is 0.143 e. The number of fused-ring (bicyclic) bond motifs is 1. The number of pyridine rings is 1. The molecule has 0 atom stereocenters. The molecule has 2 aromatic heterocycles. The quantitative estimate of drug-likeness (QED) is 0.803. The summed E-state index contributed by atoms with van der Waals surface area (Å²) in [6, 6.07) is 1.89. The Bertz CT molecular complexity index is 410. The second-order valence-electron chi connectivity index (χ2n) is 2.46. The van der Waals surface area contributed by atoms with Crippen molar-refractivity contribution in [3.05, 3.63) is 34.7 Å². The molecule has 4 heteroatoms. The molecule has 3 nitrogen and oxygen atoms in total. The second kappa shape index (κ2) is 2.88. The first kappa shape index (κ1) is 7.76. The first-order chi connectivity index (χ1) is 5.83. The van der Waals surface area contributed by atoms with Gasteiger partial charge in [-0.1, -0.05) is 15.9 Å². The molecule has 0 aliphatic rings. The topological polar surface area (TPSA) is 37.5 Å². The summed E-state index contributed by atoms with van der Waals surface area (Å²) >= 11 is 3.35. The van der Waals surface area contributed by atoms with Crippen molar-refractivity contribution in [3.8, 4) is 0 Å². The highest BCUT2D eigenvalue weighted by atomic mass is 79.9. The zero-order valence-corrected chi connectivity index (χ0v) is 7.82. The zero-order valence-electron chi connectivity index (χ0n) is 6.24. The molecule has 0 aliphatic heterocycles. The number of hydrogen-bond donors (Lipinski definition) is 1. The van der Waals surface area contributed by atoms with E-state index in [9.17, 15) is 0 Å². The van der Waals surface area contributed by atoms with Crippen LogP contribution in [0.2, 0.25) is 0 Å². The molecule has 0 fully saturated rings. The van der Waals surface area contributed by atoms with E-state index in [1.807, 2.05) is 22.9 Å². The van der Waals surface area contributed by atoms with Gasteiger partial charge >= 0.3 is 0 Å². The minimum Gasteiger partial charge on any atom is -0.391 e. The summed E-state index contributed by atoms with van der Waals surface area (Å²) in [4.78, 5) is 4.12. The monoisotopic (exact) mass is 226 g/mol. The van der Waals surface area contributed by atoms with Gasteiger partial charge in [-0.05, 0) is 6.07 Å². The van der Waals surface area contributed by atoms with Crippen LogP contribution >= 0.6 is 15.9 Å². The SMILES string of the molecule is OCc1c(Br)ccn2ccnc12. The largest absolute Gasteiger partial charge is 0.391 e. The van der Waals surface area contributed by atoms with Crippen molar-refractivity contribution in [2.45, 2.75) is 6.61 Å². The number of aliphatic hydroxyl groups is 1. The lowest BCUT2D eigenvalue weighted by Gasteiger charge is -2.01. The summed E-state index contributed by atoms with van der Waals surface area (Å²) < 4.78 is 2.76. The van der Waals surface area contributed by atoms with Gasteiger partial charge in [0.2, 0.25) is 0 Å². The van der Waals surface area contributed by atoms with Crippen LogP contribution in [0.25, 0.3) is 5.65 Å². The molecule has 0 bridgehead atoms. The molecule has 2 aromatic rings. The van der Waals surface area contributed by atoms with Gasteiger partial charge in [-0.25, -0.2) is 4.98 Å². The van der Waals surface area contributed by atoms with Gasteiger partial charge in [-0.15, -0.1) is 0 Å². The molecule has 1 N–H and O–H groups in total. The Morgan fingerprint density at radius 2 is 2.33 bits per heavy atom. The fraction of sp³-hybridized carbons (Fsp3) is 0.125. The molecule has 2 heterocycles. The lowest BCUT2D eigenvalue weighted by molar-refractivity contribution is 0.282. The van der Waals surface area contributed by atoms with E-state index >= 15 is 0 Å². The van der Waals surface area contributed by atoms with Crippen molar-refractivity contribution in [1.29, 1.82) is 0 Å². The van der Waals surface area contributed by atoms with Gasteiger partial charge in [0.25, 0.3) is 0 Å². The van der Waals surface area contributed by atoms with Crippen LogP contribution in [0.1, 0.15) is 5.56 Å². The van der Waals surface area contributed by atoms with E-state index in [2.05, 4.69) is 20.9 Å². The lowest BCUT2D eigenvalue weighted by Crippen LogP contribution is -1.92. The first-order valence-electron chi connectivity index (χ1n) is 3.54. The molecule has 0 aromatic carbocycles. The highest BCUT2D eigenvalue weighted by Crippen LogP contribution is 2.19. The number of halogens is 1. The number of rotatable bonds is 1. The maximum atomic E-state index is 9.05. The third kappa shape index (κ3) is 1.04. The summed E-state index contributed by atoms with van der Waals surface area (Å²) in [6.45, 7) is 0.00192. The van der Waals surface area contributed by atoms with E-state index in [4.69, 9.17) is 5.11 Å². The molecule has 0 saturated heterocycles. The van der Waals surface area contributed by atoms with Crippen molar-refractivity contribution >= 4 is 21.6 Å². The molecule has 0 amide bonds. The van der Waals surface area contributed by atoms with Crippen LogP contribution in [0, 0.1) is 0 Å². The van der Waals surface area contributed by atoms with Gasteiger partial charge in [0.1, 0.15) is 5.65 Å². The molecule has 0 unspecified atom stereocenters. The summed E-state index contributed by atoms with van der Waals surface area (Å²) in [5, 5.41) is 9.05. The Balaban J connectivity index is 2.83. The maximum absolute atomic E-state index is 9.05. The molecule has 0 spiro atoms. The van der Waals surface area contributed by atoms with Crippen LogP contribution in [0.15, 0.2) is 29.1 Å². The number of aliphatic hydroxyl groups excluding tert-OH is 1. The fourth-order valence-electron chi connectivity index (χ4n) is 1.17. The summed E-state index contributed by atoms with van der Waals surface area (Å²) in [5.74, 6) is 0. The summed E-state index contributed by atoms with van der Waals surface area (Å²) in [7, 11) is 0. The van der Waals surface area contributed by atoms with Gasteiger partial charge in [0.05, 0.1) is 6.61 Å². The Morgan fingerprint density at radius 3 is 3.08 bits per heavy atom. The normalized spacial score (nSPS) is 10.8. The molecule has 0 aliphatic carbocycles. The predicted octanol–water partition coefficient (Wildman–Crippen LogP) is 1.59. The van der Waals surface area contributed by atoms with E-state index in [0.717, 1.165) is 15.7 Å². The number of nitrogens with zero attached hydrogens (tertiary/aromatic N) is 2. The molecule has 12 heavy (non-hydrogen) atoms. The van der Waals surface area contributed by atoms with Crippen LogP contribution in [0.5, 0.6) is 0 Å². The maximum Gasteiger partial charge on any atom is 0.143 e. The molecular weight excluding hydrogens is 220 g/mol. The number of imidazole rings is 1. The van der Waals surface area contributed by atoms with Gasteiger partial charge < -0.3 is 9.51 Å². The molecule has 62 valence electrons. The number of aromatic nitrogens is 2. The second-order valence-corrected chi connectivity index (χ2v) is 3.31. The Morgan fingerprint density at radius 1 is 1.50 bits per heavy atom. The van der Waals surface area contributed by atoms with Crippen molar-refractivity contribution in [1.82, 2.24) is 9.38 Å². The molecule has 0 saturated carbocycles. The average Bonchev–Trinajstić information content (AvgIpc) is 2.52. The minimum absolute atomic E-state index is 0.00192. The van der Waals surface area contributed by atoms with E-state index in [-0.39, 0.29) is 6.61 Å². The molecular formula is C8H7BrN2O. The highest BCUT2D eigenvalue weighted by molar-refractivity contribution is 9.10. The number of hydrogen-bond acceptors (Lipinski definition) is 2. The van der Waals surface area contributed by atoms with E-state index in [1.54, 1.807) is 6.20 Å². The highest BCUT2D eigenvalue weighted by Gasteiger charge is 2.04. The van der Waals surface area contributed by atoms with Crippen LogP contribution in [0.4, 0.5) is 0 Å². The van der Waals surface area contributed by atoms with Gasteiger partial charge in [-0.2, -0.15) is 0 Å². The fourth-order valence-corrected chi connectivity index (χ4v) is 1.59. The van der Waals surface area contributed by atoms with Crippen LogP contribution < -0.4 is 0 Å². The van der Waals surface area contributed by atoms with Crippen LogP contribution in [-0.2, 0) is 6.61 Å². The van der Waals surface area contributed by atoms with Crippen LogP contribution in [0.3, 0.4) is 0 Å². The summed E-state index contributed by atoms with van der Waals surface area (Å²) in [6.07, 6.45) is 5.45. The zero-order chi connectivity index (χ0) is 8.55. The first-order valence-corrected chi connectivity index (χ1v) is 4.33. The van der Waals surface area contributed by atoms with Gasteiger partial charge in [0.15, 0.2) is 0 Å². The Labute approximate surface area is 77.8 Å². The minimum atomic E-state index is 0.00192. The van der Waals surface area contributed by atoms with Crippen molar-refractivity contribution in [3.63, 3.8) is 0 Å². The standard InChI is InChI=1S/C8H7BrN2O/c9-7-1-3-11-4-2-10-8(11)6(7)5-12/h1-4,12H,5H2. The van der Waals surface area contributed by atoms with Crippen LogP contribution in [-0.4, -0.2) is 14.5 Å². The van der Waals surface area contributed by atoms with Gasteiger partial charge in [0, 0.05) is 28.6 Å². The van der Waals surface area contributed by atoms with E-state index < -0.39 is 0 Å². The molecule has 0 radical (unpaired) electrons.